The van der Waals surface area contributed by atoms with Gasteiger partial charge in [0, 0.05) is 19.0 Å². The van der Waals surface area contributed by atoms with Crippen molar-refractivity contribution in [3.63, 3.8) is 0 Å². The second kappa shape index (κ2) is 9.67. The van der Waals surface area contributed by atoms with Crippen molar-refractivity contribution in [1.29, 1.82) is 0 Å². The van der Waals surface area contributed by atoms with Crippen LogP contribution in [0.25, 0.3) is 0 Å². The lowest BCUT2D eigenvalue weighted by atomic mass is 9.99. The van der Waals surface area contributed by atoms with E-state index in [1.54, 1.807) is 7.11 Å². The Morgan fingerprint density at radius 3 is 2.67 bits per heavy atom. The van der Waals surface area contributed by atoms with Gasteiger partial charge in [0.1, 0.15) is 5.75 Å². The van der Waals surface area contributed by atoms with E-state index in [2.05, 4.69) is 24.1 Å². The predicted octanol–water partition coefficient (Wildman–Crippen LogP) is 3.25. The van der Waals surface area contributed by atoms with Crippen LogP contribution in [0.3, 0.4) is 0 Å². The van der Waals surface area contributed by atoms with Crippen molar-refractivity contribution in [1.82, 2.24) is 10.2 Å². The van der Waals surface area contributed by atoms with Gasteiger partial charge in [0.05, 0.1) is 7.11 Å². The van der Waals surface area contributed by atoms with Gasteiger partial charge in [0.25, 0.3) is 0 Å². The zero-order valence-electron chi connectivity index (χ0n) is 15.4. The van der Waals surface area contributed by atoms with Crippen molar-refractivity contribution < 1.29 is 9.53 Å². The third kappa shape index (κ3) is 5.82. The number of benzene rings is 1. The fourth-order valence-electron chi connectivity index (χ4n) is 3.43. The molecular formula is C20H32N2O2. The average Bonchev–Trinajstić information content (AvgIpc) is 2.61. The van der Waals surface area contributed by atoms with E-state index in [-0.39, 0.29) is 5.91 Å². The lowest BCUT2D eigenvalue weighted by Gasteiger charge is -2.37. The van der Waals surface area contributed by atoms with E-state index in [0.717, 1.165) is 24.3 Å². The number of piperidine rings is 1. The summed E-state index contributed by atoms with van der Waals surface area (Å²) < 4.78 is 5.23. The summed E-state index contributed by atoms with van der Waals surface area (Å²) in [4.78, 5) is 14.8. The fourth-order valence-corrected chi connectivity index (χ4v) is 3.43. The minimum Gasteiger partial charge on any atom is -0.497 e. The smallest absolute Gasteiger partial charge is 0.220 e. The Kier molecular flexibility index (Phi) is 7.57. The molecule has 2 rings (SSSR count). The molecule has 1 aromatic rings. The standard InChI is InChI=1S/C20H32N2O2/c1-16(2)19(22-12-5-4-6-13-22)15-21-20(23)11-10-17-8-7-9-18(14-17)24-3/h7-9,14,16,19H,4-6,10-13,15H2,1-3H3,(H,21,23). The molecule has 1 fully saturated rings. The van der Waals surface area contributed by atoms with Gasteiger partial charge in [0.15, 0.2) is 0 Å². The number of nitrogens with zero attached hydrogens (tertiary/aromatic N) is 1. The highest BCUT2D eigenvalue weighted by atomic mass is 16.5. The Bertz CT molecular complexity index is 510. The molecule has 1 aliphatic rings. The van der Waals surface area contributed by atoms with Gasteiger partial charge in [-0.25, -0.2) is 0 Å². The molecule has 1 saturated heterocycles. The van der Waals surface area contributed by atoms with Gasteiger partial charge in [-0.1, -0.05) is 32.4 Å². The van der Waals surface area contributed by atoms with Crippen molar-refractivity contribution in [3.8, 4) is 5.75 Å². The molecule has 134 valence electrons. The molecule has 0 saturated carbocycles. The molecule has 1 unspecified atom stereocenters. The third-order valence-electron chi connectivity index (χ3n) is 4.91. The van der Waals surface area contributed by atoms with Crippen LogP contribution in [0.1, 0.15) is 45.1 Å². The maximum Gasteiger partial charge on any atom is 0.220 e. The van der Waals surface area contributed by atoms with Gasteiger partial charge in [-0.2, -0.15) is 0 Å². The van der Waals surface area contributed by atoms with Crippen LogP contribution in [0, 0.1) is 5.92 Å². The second-order valence-corrected chi connectivity index (χ2v) is 7.06. The number of methoxy groups -OCH3 is 1. The molecule has 1 N–H and O–H groups in total. The van der Waals surface area contributed by atoms with Gasteiger partial charge in [-0.05, 0) is 56.0 Å². The number of hydrogen-bond acceptors (Lipinski definition) is 3. The molecule has 0 radical (unpaired) electrons. The summed E-state index contributed by atoms with van der Waals surface area (Å²) in [6.07, 6.45) is 5.19. The molecule has 0 aromatic heterocycles. The lowest BCUT2D eigenvalue weighted by molar-refractivity contribution is -0.121. The third-order valence-corrected chi connectivity index (χ3v) is 4.91. The minimum absolute atomic E-state index is 0.139. The Hall–Kier alpha value is -1.55. The summed E-state index contributed by atoms with van der Waals surface area (Å²) in [5, 5.41) is 3.15. The summed E-state index contributed by atoms with van der Waals surface area (Å²) in [7, 11) is 1.67. The van der Waals surface area contributed by atoms with E-state index >= 15 is 0 Å². The molecule has 1 aromatic carbocycles. The molecule has 4 heteroatoms. The average molecular weight is 332 g/mol. The normalized spacial score (nSPS) is 16.8. The van der Waals surface area contributed by atoms with Gasteiger partial charge in [-0.3, -0.25) is 9.69 Å². The molecule has 1 aliphatic heterocycles. The van der Waals surface area contributed by atoms with Gasteiger partial charge in [0.2, 0.25) is 5.91 Å². The fraction of sp³-hybridized carbons (Fsp3) is 0.650. The highest BCUT2D eigenvalue weighted by molar-refractivity contribution is 5.76. The van der Waals surface area contributed by atoms with Crippen molar-refractivity contribution in [2.75, 3.05) is 26.7 Å². The predicted molar refractivity (Wildman–Crippen MR) is 98.4 cm³/mol. The number of carbonyl (C=O) groups excluding carboxylic acids is 1. The van der Waals surface area contributed by atoms with E-state index in [9.17, 15) is 4.79 Å². The molecule has 1 heterocycles. The van der Waals surface area contributed by atoms with Crippen LogP contribution in [0.15, 0.2) is 24.3 Å². The van der Waals surface area contributed by atoms with E-state index in [1.807, 2.05) is 24.3 Å². The number of amides is 1. The van der Waals surface area contributed by atoms with E-state index in [1.165, 1.54) is 32.4 Å². The first kappa shape index (κ1) is 18.8. The molecule has 1 atom stereocenters. The number of nitrogens with one attached hydrogen (secondary N) is 1. The summed E-state index contributed by atoms with van der Waals surface area (Å²) in [5.41, 5.74) is 1.14. The van der Waals surface area contributed by atoms with Gasteiger partial charge >= 0.3 is 0 Å². The largest absolute Gasteiger partial charge is 0.497 e. The second-order valence-electron chi connectivity index (χ2n) is 7.06. The van der Waals surface area contributed by atoms with Crippen molar-refractivity contribution >= 4 is 5.91 Å². The molecule has 0 spiro atoms. The summed E-state index contributed by atoms with van der Waals surface area (Å²) in [6, 6.07) is 8.39. The first-order valence-corrected chi connectivity index (χ1v) is 9.24. The topological polar surface area (TPSA) is 41.6 Å². The van der Waals surface area contributed by atoms with Crippen molar-refractivity contribution in [2.24, 2.45) is 5.92 Å². The maximum absolute atomic E-state index is 12.2. The summed E-state index contributed by atoms with van der Waals surface area (Å²) in [5.74, 6) is 1.54. The van der Waals surface area contributed by atoms with Crippen LogP contribution in [0.4, 0.5) is 0 Å². The zero-order chi connectivity index (χ0) is 17.4. The number of rotatable bonds is 8. The monoisotopic (exact) mass is 332 g/mol. The molecule has 24 heavy (non-hydrogen) atoms. The first-order valence-electron chi connectivity index (χ1n) is 9.24. The molecule has 0 bridgehead atoms. The van der Waals surface area contributed by atoms with E-state index < -0.39 is 0 Å². The van der Waals surface area contributed by atoms with Crippen LogP contribution in [-0.4, -0.2) is 43.6 Å². The van der Waals surface area contributed by atoms with E-state index in [4.69, 9.17) is 4.74 Å². The molecular weight excluding hydrogens is 300 g/mol. The van der Waals surface area contributed by atoms with Crippen LogP contribution < -0.4 is 10.1 Å². The van der Waals surface area contributed by atoms with Crippen molar-refractivity contribution in [3.05, 3.63) is 29.8 Å². The van der Waals surface area contributed by atoms with E-state index in [0.29, 0.717) is 18.4 Å². The number of hydrogen-bond donors (Lipinski definition) is 1. The summed E-state index contributed by atoms with van der Waals surface area (Å²) >= 11 is 0. The van der Waals surface area contributed by atoms with Crippen LogP contribution >= 0.6 is 0 Å². The highest BCUT2D eigenvalue weighted by Gasteiger charge is 2.23. The Morgan fingerprint density at radius 2 is 2.00 bits per heavy atom. The highest BCUT2D eigenvalue weighted by Crippen LogP contribution is 2.17. The lowest BCUT2D eigenvalue weighted by Crippen LogP contribution is -2.48. The summed E-state index contributed by atoms with van der Waals surface area (Å²) in [6.45, 7) is 7.60. The minimum atomic E-state index is 0.139. The molecule has 0 aliphatic carbocycles. The Balaban J connectivity index is 1.78. The number of ether oxygens (including phenoxy) is 1. The zero-order valence-corrected chi connectivity index (χ0v) is 15.4. The Labute approximate surface area is 146 Å². The molecule has 1 amide bonds. The van der Waals surface area contributed by atoms with Crippen LogP contribution in [0.5, 0.6) is 5.75 Å². The Morgan fingerprint density at radius 1 is 1.25 bits per heavy atom. The number of carbonyl (C=O) groups is 1. The molecule has 4 nitrogen and oxygen atoms in total. The first-order chi connectivity index (χ1) is 11.6. The van der Waals surface area contributed by atoms with Gasteiger partial charge < -0.3 is 10.1 Å². The SMILES string of the molecule is COc1cccc(CCC(=O)NCC(C(C)C)N2CCCCC2)c1. The maximum atomic E-state index is 12.2. The van der Waals surface area contributed by atoms with Gasteiger partial charge in [-0.15, -0.1) is 0 Å². The van der Waals surface area contributed by atoms with Crippen molar-refractivity contribution in [2.45, 2.75) is 52.0 Å². The number of aryl methyl sites for hydroxylation is 1. The quantitative estimate of drug-likeness (QED) is 0.794. The van der Waals surface area contributed by atoms with Crippen LogP contribution in [0.2, 0.25) is 0 Å². The van der Waals surface area contributed by atoms with Crippen LogP contribution in [-0.2, 0) is 11.2 Å². The number of likely N-dealkylation sites (tertiary alicyclic amines) is 1.